The van der Waals surface area contributed by atoms with Crippen LogP contribution in [0.5, 0.6) is 5.75 Å². The number of ether oxygens (including phenoxy) is 2. The molecule has 2 fully saturated rings. The second-order valence-corrected chi connectivity index (χ2v) is 13.3. The zero-order chi connectivity index (χ0) is 30.6. The van der Waals surface area contributed by atoms with Crippen LogP contribution in [0.2, 0.25) is 0 Å². The SMILES string of the molecule is CC(CO)(CCOC(OC1(CO)CC(O)C1O)C(C)(C)O)Cc1cc2cc3c(ccc(O)c3c1=O)C1C/C(=C/2)CC1O. The minimum Gasteiger partial charge on any atom is -0.507 e. The van der Waals surface area contributed by atoms with Gasteiger partial charge in [-0.1, -0.05) is 24.6 Å². The van der Waals surface area contributed by atoms with E-state index < -0.39 is 47.8 Å². The van der Waals surface area contributed by atoms with Crippen LogP contribution in [0.25, 0.3) is 16.8 Å². The molecule has 2 aromatic rings. The highest BCUT2D eigenvalue weighted by Gasteiger charge is 2.56. The minimum absolute atomic E-state index is 0.00560. The Hall–Kier alpha value is -2.41. The number of phenols is 1. The molecule has 2 saturated carbocycles. The standard InChI is InChI=1S/C32H42O10/c1-30(2,40)29(42-32(16-34)14-25(37)28(32)39)41-7-6-31(3,15-33)13-19-9-17-8-18-10-21(24(36)12-18)20-4-5-23(35)26(27(19)38)22(20)11-17/h4-5,8-9,11,21,24-25,28-29,33-37,39-40H,6-7,10,12-16H2,1-3H3/b18-8-. The fraction of sp³-hybridized carbons (Fsp3) is 0.594. The van der Waals surface area contributed by atoms with Gasteiger partial charge in [-0.05, 0) is 79.7 Å². The second-order valence-electron chi connectivity index (χ2n) is 13.3. The summed E-state index contributed by atoms with van der Waals surface area (Å²) in [6.07, 6.45) is -0.591. The van der Waals surface area contributed by atoms with Gasteiger partial charge >= 0.3 is 0 Å². The molecule has 4 bridgehead atoms. The van der Waals surface area contributed by atoms with Gasteiger partial charge < -0.3 is 45.2 Å². The molecule has 0 amide bonds. The Morgan fingerprint density at radius 3 is 2.43 bits per heavy atom. The fourth-order valence-electron chi connectivity index (χ4n) is 6.56. The maximum absolute atomic E-state index is 13.9. The largest absolute Gasteiger partial charge is 0.507 e. The maximum Gasteiger partial charge on any atom is 0.193 e. The summed E-state index contributed by atoms with van der Waals surface area (Å²) >= 11 is 0. The minimum atomic E-state index is -1.52. The van der Waals surface area contributed by atoms with Crippen LogP contribution in [-0.2, 0) is 15.9 Å². The summed E-state index contributed by atoms with van der Waals surface area (Å²) in [6, 6.07) is 6.96. The summed E-state index contributed by atoms with van der Waals surface area (Å²) in [5.41, 5.74) is -1.05. The molecule has 7 N–H and O–H groups in total. The monoisotopic (exact) mass is 586 g/mol. The van der Waals surface area contributed by atoms with Crippen molar-refractivity contribution in [2.24, 2.45) is 5.41 Å². The number of fused-ring (bicyclic) bond motifs is 4. The lowest BCUT2D eigenvalue weighted by atomic mass is 9.74. The highest BCUT2D eigenvalue weighted by molar-refractivity contribution is 5.93. The van der Waals surface area contributed by atoms with E-state index in [0.29, 0.717) is 23.8 Å². The summed E-state index contributed by atoms with van der Waals surface area (Å²) in [5, 5.41) is 73.2. The Kier molecular flexibility index (Phi) is 8.32. The van der Waals surface area contributed by atoms with E-state index in [2.05, 4.69) is 0 Å². The number of phenolic OH excluding ortho intramolecular Hbond substituents is 1. The molecule has 0 radical (unpaired) electrons. The smallest absolute Gasteiger partial charge is 0.193 e. The van der Waals surface area contributed by atoms with E-state index in [9.17, 15) is 40.5 Å². The Labute approximate surface area is 244 Å². The molecule has 0 heterocycles. The van der Waals surface area contributed by atoms with E-state index in [4.69, 9.17) is 9.47 Å². The first-order valence-corrected chi connectivity index (χ1v) is 14.5. The van der Waals surface area contributed by atoms with E-state index in [1.165, 1.54) is 19.9 Å². The zero-order valence-corrected chi connectivity index (χ0v) is 24.3. The van der Waals surface area contributed by atoms with Crippen LogP contribution >= 0.6 is 0 Å². The molecule has 7 unspecified atom stereocenters. The van der Waals surface area contributed by atoms with Gasteiger partial charge in [-0.25, -0.2) is 0 Å². The number of benzene rings is 1. The third-order valence-electron chi connectivity index (χ3n) is 9.23. The molecule has 10 nitrogen and oxygen atoms in total. The molecule has 7 atom stereocenters. The van der Waals surface area contributed by atoms with Crippen molar-refractivity contribution in [2.75, 3.05) is 19.8 Å². The molecular weight excluding hydrogens is 544 g/mol. The Balaban J connectivity index is 1.41. The highest BCUT2D eigenvalue weighted by Crippen LogP contribution is 2.44. The lowest BCUT2D eigenvalue weighted by molar-refractivity contribution is -0.338. The van der Waals surface area contributed by atoms with Crippen LogP contribution < -0.4 is 5.43 Å². The van der Waals surface area contributed by atoms with Crippen LogP contribution in [0.1, 0.15) is 69.1 Å². The van der Waals surface area contributed by atoms with Gasteiger partial charge in [0.25, 0.3) is 0 Å². The van der Waals surface area contributed by atoms with E-state index in [1.54, 1.807) is 12.1 Å². The van der Waals surface area contributed by atoms with Crippen LogP contribution in [0, 0.1) is 5.41 Å². The van der Waals surface area contributed by atoms with Gasteiger partial charge in [-0.15, -0.1) is 0 Å². The molecule has 5 rings (SSSR count). The second kappa shape index (κ2) is 11.3. The molecule has 3 aliphatic carbocycles. The van der Waals surface area contributed by atoms with Gasteiger partial charge in [-0.2, -0.15) is 0 Å². The topological polar surface area (TPSA) is 177 Å². The van der Waals surface area contributed by atoms with Crippen molar-refractivity contribution < 1.29 is 45.2 Å². The molecule has 0 aliphatic heterocycles. The van der Waals surface area contributed by atoms with Gasteiger partial charge in [0.1, 0.15) is 23.1 Å². The zero-order valence-electron chi connectivity index (χ0n) is 24.3. The molecule has 42 heavy (non-hydrogen) atoms. The van der Waals surface area contributed by atoms with Crippen LogP contribution in [-0.4, -0.2) is 91.4 Å². The van der Waals surface area contributed by atoms with Gasteiger partial charge in [0.05, 0.1) is 30.8 Å². The van der Waals surface area contributed by atoms with Crippen LogP contribution in [0.4, 0.5) is 0 Å². The van der Waals surface area contributed by atoms with Gasteiger partial charge in [0.15, 0.2) is 11.7 Å². The lowest BCUT2D eigenvalue weighted by Crippen LogP contribution is -2.67. The molecule has 0 aromatic heterocycles. The first kappa shape index (κ1) is 31.0. The normalized spacial score (nSPS) is 30.3. The average molecular weight is 587 g/mol. The highest BCUT2D eigenvalue weighted by atomic mass is 16.7. The van der Waals surface area contributed by atoms with Crippen LogP contribution in [0.15, 0.2) is 34.6 Å². The number of hydrogen-bond donors (Lipinski definition) is 7. The van der Waals surface area contributed by atoms with Crippen molar-refractivity contribution in [2.45, 2.75) is 94.6 Å². The molecule has 230 valence electrons. The first-order chi connectivity index (χ1) is 19.7. The Morgan fingerprint density at radius 1 is 1.07 bits per heavy atom. The molecule has 10 heteroatoms. The Bertz CT molecular complexity index is 1430. The first-order valence-electron chi connectivity index (χ1n) is 14.5. The van der Waals surface area contributed by atoms with E-state index in [1.807, 2.05) is 19.1 Å². The third kappa shape index (κ3) is 5.62. The molecule has 0 spiro atoms. The third-order valence-corrected chi connectivity index (χ3v) is 9.23. The Morgan fingerprint density at radius 2 is 1.81 bits per heavy atom. The van der Waals surface area contributed by atoms with Crippen molar-refractivity contribution in [3.63, 3.8) is 0 Å². The predicted molar refractivity (Wildman–Crippen MR) is 155 cm³/mol. The summed E-state index contributed by atoms with van der Waals surface area (Å²) in [5.74, 6) is -0.294. The van der Waals surface area contributed by atoms with Crippen molar-refractivity contribution in [3.8, 4) is 5.75 Å². The van der Waals surface area contributed by atoms with E-state index >= 15 is 0 Å². The number of aliphatic hydroxyl groups excluding tert-OH is 5. The number of aromatic hydroxyl groups is 1. The van der Waals surface area contributed by atoms with Gasteiger partial charge in [-0.3, -0.25) is 4.79 Å². The van der Waals surface area contributed by atoms with Gasteiger partial charge in [0, 0.05) is 24.5 Å². The molecule has 0 saturated heterocycles. The molecular formula is C32H42O10. The average Bonchev–Trinajstić information content (AvgIpc) is 3.23. The number of aliphatic hydroxyl groups is 6. The summed E-state index contributed by atoms with van der Waals surface area (Å²) < 4.78 is 11.7. The van der Waals surface area contributed by atoms with Crippen molar-refractivity contribution in [1.29, 1.82) is 0 Å². The maximum atomic E-state index is 13.9. The summed E-state index contributed by atoms with van der Waals surface area (Å²) in [4.78, 5) is 13.9. The van der Waals surface area contributed by atoms with E-state index in [0.717, 1.165) is 16.7 Å². The van der Waals surface area contributed by atoms with Crippen molar-refractivity contribution in [1.82, 2.24) is 0 Å². The fourth-order valence-corrected chi connectivity index (χ4v) is 6.56. The van der Waals surface area contributed by atoms with Gasteiger partial charge in [0.2, 0.25) is 0 Å². The van der Waals surface area contributed by atoms with Crippen molar-refractivity contribution >= 4 is 16.8 Å². The van der Waals surface area contributed by atoms with Crippen molar-refractivity contribution in [3.05, 3.63) is 56.8 Å². The molecule has 2 aromatic carbocycles. The number of hydrogen-bond acceptors (Lipinski definition) is 10. The summed E-state index contributed by atoms with van der Waals surface area (Å²) in [7, 11) is 0. The number of rotatable bonds is 11. The molecule has 3 aliphatic rings. The summed E-state index contributed by atoms with van der Waals surface area (Å²) in [6.45, 7) is 3.88. The van der Waals surface area contributed by atoms with E-state index in [-0.39, 0.29) is 55.0 Å². The van der Waals surface area contributed by atoms with Crippen LogP contribution in [0.3, 0.4) is 0 Å². The predicted octanol–water partition coefficient (Wildman–Crippen LogP) is 1.46. The lowest BCUT2D eigenvalue weighted by Gasteiger charge is -2.51. The quantitative estimate of drug-likeness (QED) is 0.191.